The molecule has 0 heterocycles. The lowest BCUT2D eigenvalue weighted by Crippen LogP contribution is -2.15. The Bertz CT molecular complexity index is 628. The number of nitrogens with one attached hydrogen (secondary N) is 1. The highest BCUT2D eigenvalue weighted by molar-refractivity contribution is 8.00. The van der Waals surface area contributed by atoms with Gasteiger partial charge in [0, 0.05) is 4.90 Å². The van der Waals surface area contributed by atoms with Crippen molar-refractivity contribution in [1.29, 1.82) is 0 Å². The van der Waals surface area contributed by atoms with Crippen molar-refractivity contribution in [3.63, 3.8) is 0 Å². The van der Waals surface area contributed by atoms with E-state index in [1.165, 1.54) is 23.4 Å². The molecule has 0 spiro atoms. The molecule has 0 aromatic heterocycles. The Morgan fingerprint density at radius 2 is 1.95 bits per heavy atom. The van der Waals surface area contributed by atoms with Crippen LogP contribution in [0.2, 0.25) is 0 Å². The van der Waals surface area contributed by atoms with Crippen LogP contribution in [0.5, 0.6) is 0 Å². The van der Waals surface area contributed by atoms with Gasteiger partial charge in [-0.3, -0.25) is 4.79 Å². The van der Waals surface area contributed by atoms with Crippen molar-refractivity contribution < 1.29 is 9.18 Å². The van der Waals surface area contributed by atoms with Gasteiger partial charge < -0.3 is 5.32 Å². The van der Waals surface area contributed by atoms with E-state index >= 15 is 0 Å². The molecule has 2 rings (SSSR count). The topological polar surface area (TPSA) is 29.1 Å². The maximum absolute atomic E-state index is 13.4. The van der Waals surface area contributed by atoms with E-state index in [1.807, 2.05) is 26.0 Å². The van der Waals surface area contributed by atoms with Gasteiger partial charge in [-0.2, -0.15) is 0 Å². The zero-order chi connectivity index (χ0) is 14.5. The summed E-state index contributed by atoms with van der Waals surface area (Å²) >= 11 is 1.45. The summed E-state index contributed by atoms with van der Waals surface area (Å²) in [6.45, 7) is 4.05. The Balaban J connectivity index is 1.94. The molecule has 0 fully saturated rings. The number of amides is 1. The van der Waals surface area contributed by atoms with Gasteiger partial charge in [0.2, 0.25) is 5.91 Å². The number of hydrogen-bond donors (Lipinski definition) is 1. The van der Waals surface area contributed by atoms with Crippen molar-refractivity contribution in [2.45, 2.75) is 18.7 Å². The van der Waals surface area contributed by atoms with E-state index in [2.05, 4.69) is 11.4 Å². The van der Waals surface area contributed by atoms with E-state index in [1.54, 1.807) is 18.2 Å². The first kappa shape index (κ1) is 14.6. The number of benzene rings is 2. The summed E-state index contributed by atoms with van der Waals surface area (Å²) in [5.41, 5.74) is 2.56. The summed E-state index contributed by atoms with van der Waals surface area (Å²) in [6, 6.07) is 12.3. The molecule has 0 radical (unpaired) electrons. The second-order valence-electron chi connectivity index (χ2n) is 4.59. The van der Waals surface area contributed by atoms with E-state index in [0.29, 0.717) is 0 Å². The number of rotatable bonds is 4. The molecule has 0 atom stereocenters. The molecule has 104 valence electrons. The predicted molar refractivity (Wildman–Crippen MR) is 81.7 cm³/mol. The maximum atomic E-state index is 13.4. The first-order valence-corrected chi connectivity index (χ1v) is 7.29. The quantitative estimate of drug-likeness (QED) is 0.856. The molecule has 2 nitrogen and oxygen atoms in total. The standard InChI is InChI=1S/C16H16FNOS/c1-11-7-8-15(12(2)9-11)20-10-16(19)18-14-6-4-3-5-13(14)17/h3-9H,10H2,1-2H3,(H,18,19). The fraction of sp³-hybridized carbons (Fsp3) is 0.188. The molecule has 20 heavy (non-hydrogen) atoms. The van der Waals surface area contributed by atoms with E-state index in [0.717, 1.165) is 10.5 Å². The number of anilines is 1. The van der Waals surface area contributed by atoms with Gasteiger partial charge in [0.05, 0.1) is 11.4 Å². The molecule has 1 N–H and O–H groups in total. The van der Waals surface area contributed by atoms with Crippen LogP contribution >= 0.6 is 11.8 Å². The highest BCUT2D eigenvalue weighted by Gasteiger charge is 2.08. The molecule has 0 aliphatic rings. The zero-order valence-corrected chi connectivity index (χ0v) is 12.3. The van der Waals surface area contributed by atoms with Crippen molar-refractivity contribution in [2.75, 3.05) is 11.1 Å². The van der Waals surface area contributed by atoms with Crippen LogP contribution < -0.4 is 5.32 Å². The molecular formula is C16H16FNOS. The molecule has 0 saturated heterocycles. The fourth-order valence-electron chi connectivity index (χ4n) is 1.85. The second kappa shape index (κ2) is 6.57. The number of thioether (sulfide) groups is 1. The van der Waals surface area contributed by atoms with E-state index < -0.39 is 5.82 Å². The third kappa shape index (κ3) is 3.84. The van der Waals surface area contributed by atoms with Gasteiger partial charge in [0.1, 0.15) is 5.82 Å². The molecule has 0 aliphatic carbocycles. The molecule has 2 aromatic rings. The highest BCUT2D eigenvalue weighted by atomic mass is 32.2. The smallest absolute Gasteiger partial charge is 0.234 e. The van der Waals surface area contributed by atoms with Crippen molar-refractivity contribution >= 4 is 23.4 Å². The normalized spacial score (nSPS) is 10.3. The molecule has 0 bridgehead atoms. The highest BCUT2D eigenvalue weighted by Crippen LogP contribution is 2.23. The maximum Gasteiger partial charge on any atom is 0.234 e. The minimum atomic E-state index is -0.419. The third-order valence-corrected chi connectivity index (χ3v) is 4.01. The SMILES string of the molecule is Cc1ccc(SCC(=O)Nc2ccccc2F)c(C)c1. The third-order valence-electron chi connectivity index (χ3n) is 2.84. The van der Waals surface area contributed by atoms with Crippen LogP contribution in [0.4, 0.5) is 10.1 Å². The fourth-order valence-corrected chi connectivity index (χ4v) is 2.66. The van der Waals surface area contributed by atoms with E-state index in [9.17, 15) is 9.18 Å². The molecule has 0 aliphatic heterocycles. The molecule has 4 heteroatoms. The average Bonchev–Trinajstić information content (AvgIpc) is 2.40. The Kier molecular flexibility index (Phi) is 4.79. The van der Waals surface area contributed by atoms with E-state index in [4.69, 9.17) is 0 Å². The molecule has 2 aromatic carbocycles. The lowest BCUT2D eigenvalue weighted by Gasteiger charge is -2.08. The Morgan fingerprint density at radius 1 is 1.20 bits per heavy atom. The molecular weight excluding hydrogens is 273 g/mol. The van der Waals surface area contributed by atoms with Crippen LogP contribution in [0.3, 0.4) is 0 Å². The summed E-state index contributed by atoms with van der Waals surface area (Å²) in [5, 5.41) is 2.58. The largest absolute Gasteiger partial charge is 0.323 e. The monoisotopic (exact) mass is 289 g/mol. The second-order valence-corrected chi connectivity index (χ2v) is 5.60. The van der Waals surface area contributed by atoms with Crippen LogP contribution in [0.1, 0.15) is 11.1 Å². The number of carbonyl (C=O) groups is 1. The van der Waals surface area contributed by atoms with Crippen LogP contribution in [0.15, 0.2) is 47.4 Å². The predicted octanol–water partition coefficient (Wildman–Crippen LogP) is 4.17. The number of carbonyl (C=O) groups excluding carboxylic acids is 1. The molecule has 0 unspecified atom stereocenters. The zero-order valence-electron chi connectivity index (χ0n) is 11.4. The Hall–Kier alpha value is -1.81. The lowest BCUT2D eigenvalue weighted by atomic mass is 10.2. The average molecular weight is 289 g/mol. The van der Waals surface area contributed by atoms with Crippen LogP contribution in [-0.2, 0) is 4.79 Å². The summed E-state index contributed by atoms with van der Waals surface area (Å²) in [6.07, 6.45) is 0. The first-order chi connectivity index (χ1) is 9.56. The van der Waals surface area contributed by atoms with Gasteiger partial charge >= 0.3 is 0 Å². The van der Waals surface area contributed by atoms with Crippen LogP contribution in [0.25, 0.3) is 0 Å². The Labute approximate surface area is 122 Å². The van der Waals surface area contributed by atoms with Gasteiger partial charge in [0.25, 0.3) is 0 Å². The van der Waals surface area contributed by atoms with Crippen LogP contribution in [0, 0.1) is 19.7 Å². The van der Waals surface area contributed by atoms with E-state index in [-0.39, 0.29) is 17.3 Å². The lowest BCUT2D eigenvalue weighted by molar-refractivity contribution is -0.113. The van der Waals surface area contributed by atoms with Crippen molar-refractivity contribution in [1.82, 2.24) is 0 Å². The number of hydrogen-bond acceptors (Lipinski definition) is 2. The summed E-state index contributed by atoms with van der Waals surface area (Å²) in [5.74, 6) is -0.365. The van der Waals surface area contributed by atoms with Gasteiger partial charge in [-0.1, -0.05) is 29.8 Å². The molecule has 1 amide bonds. The number of halogens is 1. The first-order valence-electron chi connectivity index (χ1n) is 6.30. The summed E-state index contributed by atoms with van der Waals surface area (Å²) in [7, 11) is 0. The van der Waals surface area contributed by atoms with Crippen molar-refractivity contribution in [3.05, 3.63) is 59.4 Å². The number of para-hydroxylation sites is 1. The van der Waals surface area contributed by atoms with Gasteiger partial charge in [-0.15, -0.1) is 11.8 Å². The van der Waals surface area contributed by atoms with Gasteiger partial charge in [0.15, 0.2) is 0 Å². The van der Waals surface area contributed by atoms with Crippen molar-refractivity contribution in [3.8, 4) is 0 Å². The van der Waals surface area contributed by atoms with Crippen molar-refractivity contribution in [2.24, 2.45) is 0 Å². The minimum Gasteiger partial charge on any atom is -0.323 e. The Morgan fingerprint density at radius 3 is 2.65 bits per heavy atom. The minimum absolute atomic E-state index is 0.208. The summed E-state index contributed by atoms with van der Waals surface area (Å²) in [4.78, 5) is 12.9. The number of aryl methyl sites for hydroxylation is 2. The summed E-state index contributed by atoms with van der Waals surface area (Å²) < 4.78 is 13.4. The molecule has 0 saturated carbocycles. The van der Waals surface area contributed by atoms with Gasteiger partial charge in [-0.05, 0) is 37.6 Å². The van der Waals surface area contributed by atoms with Gasteiger partial charge in [-0.25, -0.2) is 4.39 Å². The van der Waals surface area contributed by atoms with Crippen LogP contribution in [-0.4, -0.2) is 11.7 Å².